The van der Waals surface area contributed by atoms with E-state index in [1.54, 1.807) is 17.3 Å². The van der Waals surface area contributed by atoms with E-state index in [9.17, 15) is 9.59 Å². The fraction of sp³-hybridized carbons (Fsp3) is 0.346. The number of hydrogen-bond donors (Lipinski definition) is 1. The van der Waals surface area contributed by atoms with Crippen LogP contribution < -0.4 is 14.8 Å². The number of aromatic nitrogens is 1. The van der Waals surface area contributed by atoms with E-state index in [-0.39, 0.29) is 37.6 Å². The highest BCUT2D eigenvalue weighted by Gasteiger charge is 2.33. The molecular formula is C26H27N3O4S. The maximum atomic E-state index is 13.7. The molecule has 1 aliphatic heterocycles. The number of nitrogens with one attached hydrogen (secondary N) is 1. The average molecular weight is 478 g/mol. The molecule has 7 nitrogen and oxygen atoms in total. The molecule has 1 aromatic carbocycles. The van der Waals surface area contributed by atoms with Crippen molar-refractivity contribution in [3.63, 3.8) is 0 Å². The molecule has 1 fully saturated rings. The zero-order chi connectivity index (χ0) is 23.3. The Morgan fingerprint density at radius 1 is 1.09 bits per heavy atom. The number of amides is 2. The number of hydrogen-bond acceptors (Lipinski definition) is 6. The molecule has 176 valence electrons. The third-order valence-electron chi connectivity index (χ3n) is 6.30. The van der Waals surface area contributed by atoms with Gasteiger partial charge < -0.3 is 19.7 Å². The second-order valence-corrected chi connectivity index (χ2v) is 9.67. The molecule has 2 aromatic heterocycles. The van der Waals surface area contributed by atoms with Crippen LogP contribution in [0.3, 0.4) is 0 Å². The number of carbonyl (C=O) groups excluding carboxylic acids is 2. The van der Waals surface area contributed by atoms with Gasteiger partial charge in [-0.15, -0.1) is 11.3 Å². The van der Waals surface area contributed by atoms with Gasteiger partial charge in [0.1, 0.15) is 6.04 Å². The van der Waals surface area contributed by atoms with E-state index < -0.39 is 6.04 Å². The molecule has 1 N–H and O–H groups in total. The average Bonchev–Trinajstić information content (AvgIpc) is 3.62. The lowest BCUT2D eigenvalue weighted by atomic mass is 10.0. The van der Waals surface area contributed by atoms with Crippen molar-refractivity contribution in [1.82, 2.24) is 15.2 Å². The zero-order valence-corrected chi connectivity index (χ0v) is 19.6. The van der Waals surface area contributed by atoms with Gasteiger partial charge in [0.25, 0.3) is 0 Å². The van der Waals surface area contributed by atoms with Gasteiger partial charge in [0, 0.05) is 29.9 Å². The fourth-order valence-corrected chi connectivity index (χ4v) is 5.29. The van der Waals surface area contributed by atoms with Crippen molar-refractivity contribution in [1.29, 1.82) is 0 Å². The summed E-state index contributed by atoms with van der Waals surface area (Å²) in [5, 5.41) is 5.16. The molecule has 0 spiro atoms. The number of rotatable bonds is 8. The van der Waals surface area contributed by atoms with Crippen LogP contribution in [-0.2, 0) is 22.6 Å². The number of benzene rings is 1. The van der Waals surface area contributed by atoms with E-state index in [0.717, 1.165) is 41.7 Å². The summed E-state index contributed by atoms with van der Waals surface area (Å²) < 4.78 is 11.0. The first-order valence-corrected chi connectivity index (χ1v) is 12.5. The summed E-state index contributed by atoms with van der Waals surface area (Å²) in [6, 6.07) is 12.5. The highest BCUT2D eigenvalue weighted by Crippen LogP contribution is 2.34. The molecule has 1 atom stereocenters. The standard InChI is InChI=1S/C26H27N3O4S/c30-24(15-21-6-3-13-34-21)29(16-18-7-8-22-23(14-18)33-17-32-22)25(19-9-11-27-12-10-19)26(31)28-20-4-1-2-5-20/h3,6-14,20,25H,1-2,4-5,15-17H2,(H,28,31)/t25-/m1/s1. The highest BCUT2D eigenvalue weighted by molar-refractivity contribution is 7.10. The van der Waals surface area contributed by atoms with E-state index in [2.05, 4.69) is 10.3 Å². The largest absolute Gasteiger partial charge is 0.454 e. The molecule has 2 amide bonds. The predicted molar refractivity (Wildman–Crippen MR) is 129 cm³/mol. The lowest BCUT2D eigenvalue weighted by Gasteiger charge is -2.32. The maximum Gasteiger partial charge on any atom is 0.247 e. The molecule has 1 aliphatic carbocycles. The molecule has 3 heterocycles. The van der Waals surface area contributed by atoms with Gasteiger partial charge in [0.05, 0.1) is 6.42 Å². The van der Waals surface area contributed by atoms with E-state index >= 15 is 0 Å². The first-order chi connectivity index (χ1) is 16.7. The Balaban J connectivity index is 1.48. The van der Waals surface area contributed by atoms with Crippen LogP contribution >= 0.6 is 11.3 Å². The van der Waals surface area contributed by atoms with Crippen LogP contribution in [0.25, 0.3) is 0 Å². The minimum Gasteiger partial charge on any atom is -0.454 e. The van der Waals surface area contributed by atoms with Crippen LogP contribution in [0.15, 0.2) is 60.2 Å². The van der Waals surface area contributed by atoms with Crippen molar-refractivity contribution in [3.05, 3.63) is 76.2 Å². The monoisotopic (exact) mass is 477 g/mol. The minimum absolute atomic E-state index is 0.108. The molecule has 0 radical (unpaired) electrons. The lowest BCUT2D eigenvalue weighted by Crippen LogP contribution is -2.46. The SMILES string of the molecule is O=C(NC1CCCC1)[C@@H](c1ccncc1)N(Cc1ccc2c(c1)OCO2)C(=O)Cc1cccs1. The Kier molecular flexibility index (Phi) is 6.76. The number of nitrogens with zero attached hydrogens (tertiary/aromatic N) is 2. The van der Waals surface area contributed by atoms with Gasteiger partial charge in [-0.05, 0) is 59.7 Å². The van der Waals surface area contributed by atoms with E-state index in [0.29, 0.717) is 11.5 Å². The van der Waals surface area contributed by atoms with Gasteiger partial charge in [0.15, 0.2) is 11.5 Å². The van der Waals surface area contributed by atoms with Crippen LogP contribution in [0.1, 0.15) is 47.7 Å². The van der Waals surface area contributed by atoms with Gasteiger partial charge in [0.2, 0.25) is 18.6 Å². The van der Waals surface area contributed by atoms with Gasteiger partial charge in [-0.3, -0.25) is 14.6 Å². The van der Waals surface area contributed by atoms with Crippen molar-refractivity contribution in [2.45, 2.75) is 50.7 Å². The van der Waals surface area contributed by atoms with Crippen molar-refractivity contribution in [3.8, 4) is 11.5 Å². The predicted octanol–water partition coefficient (Wildman–Crippen LogP) is 4.24. The Morgan fingerprint density at radius 3 is 2.65 bits per heavy atom. The third kappa shape index (κ3) is 5.07. The number of ether oxygens (including phenoxy) is 2. The van der Waals surface area contributed by atoms with Crippen LogP contribution in [0.2, 0.25) is 0 Å². The van der Waals surface area contributed by atoms with Gasteiger partial charge in [-0.25, -0.2) is 0 Å². The molecule has 2 aliphatic rings. The van der Waals surface area contributed by atoms with Crippen molar-refractivity contribution >= 4 is 23.2 Å². The zero-order valence-electron chi connectivity index (χ0n) is 18.8. The summed E-state index contributed by atoms with van der Waals surface area (Å²) >= 11 is 1.54. The minimum atomic E-state index is -0.763. The van der Waals surface area contributed by atoms with Crippen molar-refractivity contribution in [2.24, 2.45) is 0 Å². The molecule has 1 saturated carbocycles. The van der Waals surface area contributed by atoms with E-state index in [1.807, 2.05) is 47.8 Å². The number of fused-ring (bicyclic) bond motifs is 1. The Labute approximate surface area is 202 Å². The van der Waals surface area contributed by atoms with Gasteiger partial charge >= 0.3 is 0 Å². The second-order valence-electron chi connectivity index (χ2n) is 8.64. The molecular weight excluding hydrogens is 450 g/mol. The molecule has 0 saturated heterocycles. The van der Waals surface area contributed by atoms with Crippen LogP contribution in [0.4, 0.5) is 0 Å². The summed E-state index contributed by atoms with van der Waals surface area (Å²) in [7, 11) is 0. The van der Waals surface area contributed by atoms with E-state index in [4.69, 9.17) is 9.47 Å². The van der Waals surface area contributed by atoms with Crippen molar-refractivity contribution in [2.75, 3.05) is 6.79 Å². The molecule has 3 aromatic rings. The summed E-state index contributed by atoms with van der Waals surface area (Å²) in [6.07, 6.45) is 7.73. The van der Waals surface area contributed by atoms with E-state index in [1.165, 1.54) is 11.3 Å². The smallest absolute Gasteiger partial charge is 0.247 e. The van der Waals surface area contributed by atoms with Crippen LogP contribution in [0.5, 0.6) is 11.5 Å². The molecule has 0 bridgehead atoms. The van der Waals surface area contributed by atoms with Crippen molar-refractivity contribution < 1.29 is 19.1 Å². The lowest BCUT2D eigenvalue weighted by molar-refractivity contribution is -0.141. The topological polar surface area (TPSA) is 80.8 Å². The number of thiophene rings is 1. The number of pyridine rings is 1. The third-order valence-corrected chi connectivity index (χ3v) is 7.18. The van der Waals surface area contributed by atoms with Crippen LogP contribution in [-0.4, -0.2) is 34.5 Å². The molecule has 5 rings (SSSR count). The summed E-state index contributed by atoms with van der Waals surface area (Å²) in [6.45, 7) is 0.454. The van der Waals surface area contributed by atoms with Gasteiger partial charge in [-0.1, -0.05) is 25.0 Å². The molecule has 34 heavy (non-hydrogen) atoms. The molecule has 8 heteroatoms. The maximum absolute atomic E-state index is 13.7. The molecule has 0 unspecified atom stereocenters. The first kappa shape index (κ1) is 22.4. The first-order valence-electron chi connectivity index (χ1n) is 11.6. The Hall–Kier alpha value is -3.39. The summed E-state index contributed by atoms with van der Waals surface area (Å²) in [4.78, 5) is 34.1. The normalized spacial score (nSPS) is 15.8. The highest BCUT2D eigenvalue weighted by atomic mass is 32.1. The Bertz CT molecular complexity index is 1130. The van der Waals surface area contributed by atoms with Crippen LogP contribution in [0, 0.1) is 0 Å². The summed E-state index contributed by atoms with van der Waals surface area (Å²) in [5.41, 5.74) is 1.61. The fourth-order valence-electron chi connectivity index (χ4n) is 4.59. The number of carbonyl (C=O) groups is 2. The summed E-state index contributed by atoms with van der Waals surface area (Å²) in [5.74, 6) is 1.07. The quantitative estimate of drug-likeness (QED) is 0.525. The Morgan fingerprint density at radius 2 is 1.88 bits per heavy atom. The second kappa shape index (κ2) is 10.3. The van der Waals surface area contributed by atoms with Gasteiger partial charge in [-0.2, -0.15) is 0 Å².